The van der Waals surface area contributed by atoms with E-state index in [1.165, 1.54) is 0 Å². The van der Waals surface area contributed by atoms with Crippen LogP contribution in [0.3, 0.4) is 0 Å². The zero-order valence-corrected chi connectivity index (χ0v) is 10.4. The number of halogens is 1. The van der Waals surface area contributed by atoms with Gasteiger partial charge in [-0.3, -0.25) is 0 Å². The van der Waals surface area contributed by atoms with Gasteiger partial charge in [0.25, 0.3) is 0 Å². The Morgan fingerprint density at radius 1 is 0.722 bits per heavy atom. The minimum absolute atomic E-state index is 0.0775. The fraction of sp³-hybridized carbons (Fsp3) is 0. The highest BCUT2D eigenvalue weighted by Crippen LogP contribution is 2.28. The lowest BCUT2D eigenvalue weighted by Gasteiger charge is -1.98. The zero-order chi connectivity index (χ0) is 21.9. The minimum atomic E-state index is -0.641. The van der Waals surface area contributed by atoms with E-state index in [1.807, 2.05) is 0 Å². The van der Waals surface area contributed by atoms with Crippen LogP contribution in [0.15, 0.2) is 75.4 Å². The molecular weight excluding hydrogens is 288 g/mol. The van der Waals surface area contributed by atoms with Gasteiger partial charge in [-0.05, 0) is 24.2 Å². The maximum absolute atomic E-state index is 8.15. The molecule has 1 nitrogen and oxygen atoms in total. The summed E-state index contributed by atoms with van der Waals surface area (Å²) in [6, 6.07) is -6.18. The lowest BCUT2D eigenvalue weighted by Crippen LogP contribution is -1.73. The van der Waals surface area contributed by atoms with Gasteiger partial charge in [0, 0.05) is 15.6 Å². The van der Waals surface area contributed by atoms with E-state index in [0.717, 1.165) is 0 Å². The molecule has 0 aliphatic rings. The number of hydrogen-bond acceptors (Lipinski definition) is 1. The molecule has 18 heavy (non-hydrogen) atoms. The van der Waals surface area contributed by atoms with Gasteiger partial charge in [0.15, 0.2) is 0 Å². The first-order valence-corrected chi connectivity index (χ1v) is 5.64. The fourth-order valence-electron chi connectivity index (χ4n) is 1.27. The predicted octanol–water partition coefficient (Wildman–Crippen LogP) is 5.38. The highest BCUT2D eigenvalue weighted by atomic mass is 79.9. The van der Waals surface area contributed by atoms with Crippen LogP contribution in [0.4, 0.5) is 0 Å². The van der Waals surface area contributed by atoms with E-state index < -0.39 is 83.6 Å². The summed E-state index contributed by atoms with van der Waals surface area (Å²) in [5.74, 6) is -0.942. The average Bonchev–Trinajstić information content (AvgIpc) is 2.97. The molecule has 0 saturated heterocycles. The van der Waals surface area contributed by atoms with E-state index in [4.69, 9.17) is 19.5 Å². The van der Waals surface area contributed by atoms with Gasteiger partial charge in [0.1, 0.15) is 11.5 Å². The highest BCUT2D eigenvalue weighted by Gasteiger charge is 2.05. The zero-order valence-electron chi connectivity index (χ0n) is 19.8. The molecule has 0 aliphatic heterocycles. The van der Waals surface area contributed by atoms with Gasteiger partial charge < -0.3 is 4.42 Å². The number of hydrogen-bond donors (Lipinski definition) is 0. The van der Waals surface area contributed by atoms with Crippen molar-refractivity contribution in [1.29, 1.82) is 0 Å². The summed E-state index contributed by atoms with van der Waals surface area (Å²) in [5, 5.41) is 0. The van der Waals surface area contributed by atoms with E-state index in [9.17, 15) is 0 Å². The maximum Gasteiger partial charge on any atom is 0.134 e. The summed E-state index contributed by atoms with van der Waals surface area (Å²) in [4.78, 5) is 0. The molecule has 0 aliphatic carbocycles. The van der Waals surface area contributed by atoms with Crippen molar-refractivity contribution in [3.05, 3.63) is 70.9 Å². The van der Waals surface area contributed by atoms with Crippen molar-refractivity contribution in [3.63, 3.8) is 0 Å². The Bertz CT molecular complexity index is 1040. The van der Waals surface area contributed by atoms with Gasteiger partial charge in [0.05, 0.1) is 15.1 Å². The molecule has 0 unspecified atom stereocenters. The summed E-state index contributed by atoms with van der Waals surface area (Å²) in [5.41, 5.74) is -0.784. The van der Waals surface area contributed by atoms with Crippen molar-refractivity contribution in [2.45, 2.75) is 0 Å². The molecule has 0 radical (unpaired) electrons. The van der Waals surface area contributed by atoms with Crippen LogP contribution < -0.4 is 0 Å². The second kappa shape index (κ2) is 4.83. The van der Waals surface area contributed by atoms with Gasteiger partial charge in [0.2, 0.25) is 0 Å². The second-order valence-corrected chi connectivity index (χ2v) is 3.99. The van der Waals surface area contributed by atoms with Gasteiger partial charge in [-0.15, -0.1) is 0 Å². The van der Waals surface area contributed by atoms with Crippen LogP contribution in [0.5, 0.6) is 0 Å². The molecule has 1 aromatic heterocycles. The molecule has 0 saturated carbocycles. The first-order chi connectivity index (χ1) is 13.4. The summed E-state index contributed by atoms with van der Waals surface area (Å²) >= 11 is 2.97. The van der Waals surface area contributed by atoms with E-state index in [0.29, 0.717) is 0 Å². The molecule has 3 aromatic rings. The highest BCUT2D eigenvalue weighted by molar-refractivity contribution is 9.10. The van der Waals surface area contributed by atoms with E-state index in [1.54, 1.807) is 0 Å². The van der Waals surface area contributed by atoms with Crippen LogP contribution in [0.25, 0.3) is 22.6 Å². The quantitative estimate of drug-likeness (QED) is 0.619. The van der Waals surface area contributed by atoms with Crippen LogP contribution in [0.1, 0.15) is 15.1 Å². The summed E-state index contributed by atoms with van der Waals surface area (Å²) in [6.07, 6.45) is 0. The van der Waals surface area contributed by atoms with Gasteiger partial charge in [-0.25, -0.2) is 0 Å². The first kappa shape index (κ1) is 4.39. The second-order valence-electron chi connectivity index (χ2n) is 3.20. The smallest absolute Gasteiger partial charge is 0.134 e. The van der Waals surface area contributed by atoms with Gasteiger partial charge >= 0.3 is 0 Å². The average molecular weight is 310 g/mol. The molecule has 2 aromatic carbocycles. The van der Waals surface area contributed by atoms with Crippen LogP contribution in [-0.2, 0) is 0 Å². The Balaban J connectivity index is 2.40. The third-order valence-electron chi connectivity index (χ3n) is 2.04. The van der Waals surface area contributed by atoms with Crippen LogP contribution in [0.2, 0.25) is 0 Å². The molecule has 1 heterocycles. The standard InChI is InChI=1S/C16H11BrO/c17-14-8-6-13(7-9-14)16-11-10-15(18-16)12-4-2-1-3-5-12/h1-11H/i1D,2D,3D,4D,5D,6D,7D,8D,9D,10D,11D. The Morgan fingerprint density at radius 2 is 1.28 bits per heavy atom. The molecule has 88 valence electrons. The molecular formula is C16H11BrO. The topological polar surface area (TPSA) is 13.1 Å². The Kier molecular flexibility index (Phi) is 1.18. The fourth-order valence-corrected chi connectivity index (χ4v) is 1.47. The van der Waals surface area contributed by atoms with Crippen molar-refractivity contribution in [2.24, 2.45) is 0 Å². The first-order valence-electron chi connectivity index (χ1n) is 10.3. The number of benzene rings is 2. The maximum atomic E-state index is 8.15. The molecule has 0 amide bonds. The van der Waals surface area contributed by atoms with Crippen LogP contribution in [0, 0.1) is 0 Å². The van der Waals surface area contributed by atoms with E-state index in [-0.39, 0.29) is 10.0 Å². The monoisotopic (exact) mass is 309 g/mol. The van der Waals surface area contributed by atoms with Crippen molar-refractivity contribution in [2.75, 3.05) is 0 Å². The number of rotatable bonds is 2. The third-order valence-corrected chi connectivity index (χ3v) is 2.44. The van der Waals surface area contributed by atoms with Crippen molar-refractivity contribution in [1.82, 2.24) is 0 Å². The van der Waals surface area contributed by atoms with Gasteiger partial charge in [-0.1, -0.05) is 58.2 Å². The van der Waals surface area contributed by atoms with E-state index in [2.05, 4.69) is 15.9 Å². The lowest BCUT2D eigenvalue weighted by molar-refractivity contribution is 0.597. The van der Waals surface area contributed by atoms with Crippen LogP contribution in [-0.4, -0.2) is 0 Å². The van der Waals surface area contributed by atoms with Crippen molar-refractivity contribution < 1.29 is 19.5 Å². The third kappa shape index (κ3) is 2.24. The Morgan fingerprint density at radius 3 is 1.89 bits per heavy atom. The predicted molar refractivity (Wildman–Crippen MR) is 77.3 cm³/mol. The van der Waals surface area contributed by atoms with Crippen LogP contribution >= 0.6 is 15.9 Å². The SMILES string of the molecule is [2H]c1c(-c2c([2H])c([2H])c([2H])c([2H])c2[2H])oc(-c2c([2H])c([2H])c(Br)c([2H])c2[2H])c1[2H]. The van der Waals surface area contributed by atoms with E-state index >= 15 is 0 Å². The van der Waals surface area contributed by atoms with Crippen molar-refractivity contribution in [3.8, 4) is 22.6 Å². The molecule has 0 bridgehead atoms. The summed E-state index contributed by atoms with van der Waals surface area (Å²) < 4.78 is 92.9. The molecule has 0 spiro atoms. The summed E-state index contributed by atoms with van der Waals surface area (Å²) in [6.45, 7) is 0. The molecule has 0 atom stereocenters. The molecule has 0 fully saturated rings. The summed E-state index contributed by atoms with van der Waals surface area (Å²) in [7, 11) is 0. The lowest BCUT2D eigenvalue weighted by atomic mass is 10.2. The molecule has 3 rings (SSSR count). The molecule has 2 heteroatoms. The number of furan rings is 1. The largest absolute Gasteiger partial charge is 0.456 e. The van der Waals surface area contributed by atoms with Gasteiger partial charge in [-0.2, -0.15) is 0 Å². The Labute approximate surface area is 130 Å². The van der Waals surface area contributed by atoms with Crippen molar-refractivity contribution >= 4 is 15.9 Å². The molecule has 0 N–H and O–H groups in total. The Hall–Kier alpha value is -1.80. The normalized spacial score (nSPS) is 19.1. The minimum Gasteiger partial charge on any atom is -0.456 e.